The van der Waals surface area contributed by atoms with Gasteiger partial charge in [0.2, 0.25) is 11.8 Å². The molecule has 0 saturated heterocycles. The van der Waals surface area contributed by atoms with E-state index in [4.69, 9.17) is 0 Å². The van der Waals surface area contributed by atoms with Crippen molar-refractivity contribution in [3.8, 4) is 0 Å². The molecule has 3 aromatic carbocycles. The summed E-state index contributed by atoms with van der Waals surface area (Å²) in [4.78, 5) is 29.1. The lowest BCUT2D eigenvalue weighted by Gasteiger charge is -2.34. The Labute approximate surface area is 204 Å². The van der Waals surface area contributed by atoms with E-state index in [9.17, 15) is 9.59 Å². The van der Waals surface area contributed by atoms with Crippen molar-refractivity contribution in [3.63, 3.8) is 0 Å². The molecule has 3 aromatic rings. The molecule has 0 fully saturated rings. The maximum atomic E-state index is 13.8. The average molecular weight is 457 g/mol. The van der Waals surface area contributed by atoms with Crippen molar-refractivity contribution >= 4 is 11.8 Å². The second-order valence-corrected chi connectivity index (χ2v) is 10.1. The number of benzene rings is 3. The zero-order valence-corrected chi connectivity index (χ0v) is 21.0. The van der Waals surface area contributed by atoms with Crippen LogP contribution in [-0.2, 0) is 29.0 Å². The van der Waals surface area contributed by atoms with Crippen LogP contribution in [0.2, 0.25) is 0 Å². The molecular formula is C30H36N2O2. The third kappa shape index (κ3) is 7.31. The zero-order chi connectivity index (χ0) is 24.7. The molecule has 0 spiro atoms. The van der Waals surface area contributed by atoms with Crippen LogP contribution in [0.4, 0.5) is 0 Å². The Balaban J connectivity index is 1.99. The van der Waals surface area contributed by atoms with Crippen LogP contribution in [0, 0.1) is 13.8 Å². The molecule has 2 amide bonds. The SMILES string of the molecule is Cc1ccc(CC(=O)N(Cc2ccccc2C)[C@H](Cc2ccccc2)C(=O)NC(C)(C)C)cc1. The molecule has 0 saturated carbocycles. The fourth-order valence-electron chi connectivity index (χ4n) is 3.96. The second kappa shape index (κ2) is 11.1. The van der Waals surface area contributed by atoms with Crippen molar-refractivity contribution in [3.05, 3.63) is 107 Å². The molecule has 3 rings (SSSR count). The van der Waals surface area contributed by atoms with E-state index in [-0.39, 0.29) is 18.2 Å². The number of hydrogen-bond acceptors (Lipinski definition) is 2. The highest BCUT2D eigenvalue weighted by atomic mass is 16.2. The van der Waals surface area contributed by atoms with Gasteiger partial charge in [0, 0.05) is 18.5 Å². The predicted molar refractivity (Wildman–Crippen MR) is 138 cm³/mol. The number of amides is 2. The Kier molecular flexibility index (Phi) is 8.27. The first kappa shape index (κ1) is 25.2. The lowest BCUT2D eigenvalue weighted by molar-refractivity contribution is -0.141. The van der Waals surface area contributed by atoms with Crippen molar-refractivity contribution in [1.82, 2.24) is 10.2 Å². The van der Waals surface area contributed by atoms with Gasteiger partial charge in [-0.25, -0.2) is 0 Å². The minimum absolute atomic E-state index is 0.0582. The number of rotatable bonds is 8. The van der Waals surface area contributed by atoms with E-state index in [1.54, 1.807) is 4.90 Å². The summed E-state index contributed by atoms with van der Waals surface area (Å²) in [6.45, 7) is 10.3. The largest absolute Gasteiger partial charge is 0.350 e. The standard InChI is InChI=1S/C30H36N2O2/c1-22-15-17-25(18-16-22)20-28(33)32(21-26-14-10-9-11-23(26)2)27(29(34)31-30(3,4)5)19-24-12-7-6-8-13-24/h6-18,27H,19-21H2,1-5H3,(H,31,34)/t27-/m1/s1. The maximum Gasteiger partial charge on any atom is 0.243 e. The molecule has 34 heavy (non-hydrogen) atoms. The molecular weight excluding hydrogens is 420 g/mol. The number of nitrogens with zero attached hydrogens (tertiary/aromatic N) is 1. The number of carbonyl (C=O) groups excluding carboxylic acids is 2. The van der Waals surface area contributed by atoms with Gasteiger partial charge in [0.05, 0.1) is 6.42 Å². The Morgan fingerprint density at radius 1 is 0.824 bits per heavy atom. The van der Waals surface area contributed by atoms with Crippen molar-refractivity contribution in [2.24, 2.45) is 0 Å². The van der Waals surface area contributed by atoms with Crippen LogP contribution in [0.3, 0.4) is 0 Å². The number of nitrogens with one attached hydrogen (secondary N) is 1. The smallest absolute Gasteiger partial charge is 0.243 e. The predicted octanol–water partition coefficient (Wildman–Crippen LogP) is 5.40. The summed E-state index contributed by atoms with van der Waals surface area (Å²) in [6, 6.07) is 25.3. The highest BCUT2D eigenvalue weighted by molar-refractivity contribution is 5.89. The van der Waals surface area contributed by atoms with Crippen LogP contribution in [0.25, 0.3) is 0 Å². The molecule has 0 aliphatic rings. The van der Waals surface area contributed by atoms with Gasteiger partial charge in [-0.1, -0.05) is 84.4 Å². The molecule has 0 aromatic heterocycles. The van der Waals surface area contributed by atoms with E-state index in [1.807, 2.05) is 113 Å². The summed E-state index contributed by atoms with van der Waals surface area (Å²) in [7, 11) is 0. The van der Waals surface area contributed by atoms with E-state index in [0.717, 1.165) is 27.8 Å². The summed E-state index contributed by atoms with van der Waals surface area (Å²) in [5, 5.41) is 3.11. The Morgan fingerprint density at radius 2 is 1.44 bits per heavy atom. The lowest BCUT2D eigenvalue weighted by atomic mass is 9.99. The van der Waals surface area contributed by atoms with E-state index >= 15 is 0 Å². The Bertz CT molecular complexity index is 1100. The fourth-order valence-corrected chi connectivity index (χ4v) is 3.96. The molecule has 1 N–H and O–H groups in total. The Hall–Kier alpha value is -3.40. The molecule has 0 radical (unpaired) electrons. The summed E-state index contributed by atoms with van der Waals surface area (Å²) < 4.78 is 0. The third-order valence-electron chi connectivity index (χ3n) is 5.85. The van der Waals surface area contributed by atoms with E-state index in [2.05, 4.69) is 5.32 Å². The van der Waals surface area contributed by atoms with Gasteiger partial charge in [-0.05, 0) is 56.9 Å². The van der Waals surface area contributed by atoms with Crippen LogP contribution in [0.15, 0.2) is 78.9 Å². The van der Waals surface area contributed by atoms with Gasteiger partial charge < -0.3 is 10.2 Å². The minimum Gasteiger partial charge on any atom is -0.350 e. The summed E-state index contributed by atoms with van der Waals surface area (Å²) in [5.41, 5.74) is 4.86. The van der Waals surface area contributed by atoms with Gasteiger partial charge in [-0.2, -0.15) is 0 Å². The zero-order valence-electron chi connectivity index (χ0n) is 21.0. The highest BCUT2D eigenvalue weighted by Crippen LogP contribution is 2.19. The van der Waals surface area contributed by atoms with Gasteiger partial charge in [0.15, 0.2) is 0 Å². The topological polar surface area (TPSA) is 49.4 Å². The van der Waals surface area contributed by atoms with E-state index in [1.165, 1.54) is 0 Å². The first-order chi connectivity index (χ1) is 16.1. The summed E-state index contributed by atoms with van der Waals surface area (Å²) >= 11 is 0. The lowest BCUT2D eigenvalue weighted by Crippen LogP contribution is -2.54. The van der Waals surface area contributed by atoms with Crippen LogP contribution in [-0.4, -0.2) is 28.3 Å². The first-order valence-electron chi connectivity index (χ1n) is 11.9. The van der Waals surface area contributed by atoms with Gasteiger partial charge in [0.1, 0.15) is 6.04 Å². The molecule has 0 aliphatic heterocycles. The average Bonchev–Trinajstić information content (AvgIpc) is 2.78. The molecule has 4 nitrogen and oxygen atoms in total. The summed E-state index contributed by atoms with van der Waals surface area (Å²) in [5.74, 6) is -0.195. The molecule has 1 atom stereocenters. The van der Waals surface area contributed by atoms with Gasteiger partial charge in [-0.3, -0.25) is 9.59 Å². The maximum absolute atomic E-state index is 13.8. The number of carbonyl (C=O) groups is 2. The van der Waals surface area contributed by atoms with Crippen molar-refractivity contribution in [1.29, 1.82) is 0 Å². The molecule has 178 valence electrons. The normalized spacial score (nSPS) is 12.1. The number of aryl methyl sites for hydroxylation is 2. The van der Waals surface area contributed by atoms with Crippen molar-refractivity contribution in [2.45, 2.75) is 65.6 Å². The number of hydrogen-bond donors (Lipinski definition) is 1. The van der Waals surface area contributed by atoms with Crippen LogP contribution >= 0.6 is 0 Å². The molecule has 0 bridgehead atoms. The molecule has 4 heteroatoms. The van der Waals surface area contributed by atoms with E-state index < -0.39 is 11.6 Å². The Morgan fingerprint density at radius 3 is 2.06 bits per heavy atom. The molecule has 0 aliphatic carbocycles. The van der Waals surface area contributed by atoms with Crippen LogP contribution in [0.1, 0.15) is 48.6 Å². The van der Waals surface area contributed by atoms with E-state index in [0.29, 0.717) is 13.0 Å². The monoisotopic (exact) mass is 456 g/mol. The quantitative estimate of drug-likeness (QED) is 0.493. The van der Waals surface area contributed by atoms with Gasteiger partial charge in [-0.15, -0.1) is 0 Å². The third-order valence-corrected chi connectivity index (χ3v) is 5.85. The second-order valence-electron chi connectivity index (χ2n) is 10.1. The first-order valence-corrected chi connectivity index (χ1v) is 11.9. The van der Waals surface area contributed by atoms with Gasteiger partial charge in [0.25, 0.3) is 0 Å². The van der Waals surface area contributed by atoms with Crippen LogP contribution in [0.5, 0.6) is 0 Å². The highest BCUT2D eigenvalue weighted by Gasteiger charge is 2.32. The van der Waals surface area contributed by atoms with Crippen LogP contribution < -0.4 is 5.32 Å². The van der Waals surface area contributed by atoms with Crippen molar-refractivity contribution < 1.29 is 9.59 Å². The molecule has 0 unspecified atom stereocenters. The minimum atomic E-state index is -0.626. The summed E-state index contributed by atoms with van der Waals surface area (Å²) in [6.07, 6.45) is 0.703. The fraction of sp³-hybridized carbons (Fsp3) is 0.333. The van der Waals surface area contributed by atoms with Gasteiger partial charge >= 0.3 is 0 Å². The molecule has 0 heterocycles. The van der Waals surface area contributed by atoms with Crippen molar-refractivity contribution in [2.75, 3.05) is 0 Å².